The van der Waals surface area contributed by atoms with E-state index < -0.39 is 12.6 Å². The number of nitrogens with one attached hydrogen (secondary N) is 1. The number of carboxylic acids is 1. The van der Waals surface area contributed by atoms with Crippen LogP contribution in [0.1, 0.15) is 25.7 Å². The van der Waals surface area contributed by atoms with Crippen molar-refractivity contribution in [1.82, 2.24) is 4.90 Å². The number of hydrogen-bond acceptors (Lipinski definition) is 4. The quantitative estimate of drug-likeness (QED) is 0.828. The third-order valence-corrected chi connectivity index (χ3v) is 3.51. The second-order valence-electron chi connectivity index (χ2n) is 5.38. The lowest BCUT2D eigenvalue weighted by atomic mass is 10.2. The van der Waals surface area contributed by atoms with Crippen molar-refractivity contribution in [2.75, 3.05) is 25.0 Å². The Kier molecular flexibility index (Phi) is 5.96. The van der Waals surface area contributed by atoms with E-state index in [-0.39, 0.29) is 18.4 Å². The number of aliphatic carboxylic acids is 1. The molecule has 0 radical (unpaired) electrons. The molecule has 124 valence electrons. The topological polar surface area (TPSA) is 95.9 Å². The molecule has 7 heteroatoms. The van der Waals surface area contributed by atoms with Crippen molar-refractivity contribution in [2.24, 2.45) is 0 Å². The minimum absolute atomic E-state index is 0.0232. The fraction of sp³-hybridized carbons (Fsp3) is 0.438. The number of hydrogen-bond donors (Lipinski definition) is 2. The molecule has 2 N–H and O–H groups in total. The van der Waals surface area contributed by atoms with Gasteiger partial charge in [-0.1, -0.05) is 6.42 Å². The summed E-state index contributed by atoms with van der Waals surface area (Å²) in [5.74, 6) is -0.868. The molecule has 0 aliphatic carbocycles. The Morgan fingerprint density at radius 2 is 1.91 bits per heavy atom. The van der Waals surface area contributed by atoms with E-state index in [1.165, 1.54) is 0 Å². The number of benzene rings is 1. The molecule has 0 unspecified atom stereocenters. The average molecular weight is 320 g/mol. The Labute approximate surface area is 134 Å². The van der Waals surface area contributed by atoms with Crippen LogP contribution in [-0.2, 0) is 14.4 Å². The number of rotatable bonds is 6. The first-order valence-corrected chi connectivity index (χ1v) is 7.57. The maximum atomic E-state index is 12.0. The van der Waals surface area contributed by atoms with Gasteiger partial charge in [0.1, 0.15) is 5.75 Å². The predicted molar refractivity (Wildman–Crippen MR) is 83.3 cm³/mol. The molecule has 1 aromatic carbocycles. The van der Waals surface area contributed by atoms with Crippen molar-refractivity contribution in [3.05, 3.63) is 24.3 Å². The smallest absolute Gasteiger partial charge is 0.341 e. The van der Waals surface area contributed by atoms with E-state index in [1.54, 1.807) is 29.2 Å². The van der Waals surface area contributed by atoms with E-state index >= 15 is 0 Å². The first-order chi connectivity index (χ1) is 11.0. The molecule has 1 aliphatic rings. The average Bonchev–Trinajstić information content (AvgIpc) is 2.71. The maximum Gasteiger partial charge on any atom is 0.341 e. The lowest BCUT2D eigenvalue weighted by Gasteiger charge is -2.19. The summed E-state index contributed by atoms with van der Waals surface area (Å²) >= 11 is 0. The van der Waals surface area contributed by atoms with Gasteiger partial charge in [-0.2, -0.15) is 0 Å². The van der Waals surface area contributed by atoms with Gasteiger partial charge in [0.15, 0.2) is 6.61 Å². The van der Waals surface area contributed by atoms with Crippen LogP contribution in [-0.4, -0.2) is 47.5 Å². The highest BCUT2D eigenvalue weighted by atomic mass is 16.5. The number of anilines is 1. The van der Waals surface area contributed by atoms with Crippen LogP contribution in [0.4, 0.5) is 5.69 Å². The highest BCUT2D eigenvalue weighted by Crippen LogP contribution is 2.16. The summed E-state index contributed by atoms with van der Waals surface area (Å²) < 4.78 is 5.01. The van der Waals surface area contributed by atoms with Crippen molar-refractivity contribution >= 4 is 23.5 Å². The predicted octanol–water partition coefficient (Wildman–Crippen LogP) is 1.49. The molecule has 1 aliphatic heterocycles. The van der Waals surface area contributed by atoms with Crippen molar-refractivity contribution in [3.63, 3.8) is 0 Å². The Balaban J connectivity index is 1.84. The fourth-order valence-corrected chi connectivity index (χ4v) is 2.36. The van der Waals surface area contributed by atoms with Gasteiger partial charge in [-0.05, 0) is 37.1 Å². The van der Waals surface area contributed by atoms with Gasteiger partial charge in [0.2, 0.25) is 11.8 Å². The van der Waals surface area contributed by atoms with Crippen LogP contribution < -0.4 is 10.1 Å². The normalized spacial score (nSPS) is 15.0. The van der Waals surface area contributed by atoms with E-state index in [9.17, 15) is 14.4 Å². The molecule has 2 rings (SSSR count). The molecule has 0 saturated carbocycles. The Morgan fingerprint density at radius 3 is 2.61 bits per heavy atom. The van der Waals surface area contributed by atoms with Crippen molar-refractivity contribution in [3.8, 4) is 5.75 Å². The first kappa shape index (κ1) is 16.8. The van der Waals surface area contributed by atoms with Gasteiger partial charge in [0.25, 0.3) is 0 Å². The van der Waals surface area contributed by atoms with Crippen LogP contribution >= 0.6 is 0 Å². The lowest BCUT2D eigenvalue weighted by molar-refractivity contribution is -0.139. The standard InChI is InChI=1S/C16H20N2O5/c19-14(10-18-9-3-1-2-4-15(18)20)17-12-5-7-13(8-6-12)23-11-16(21)22/h5-8H,1-4,9-11H2,(H,17,19)(H,21,22). The zero-order chi connectivity index (χ0) is 16.7. The molecule has 0 aromatic heterocycles. The van der Waals surface area contributed by atoms with Crippen LogP contribution in [0, 0.1) is 0 Å². The summed E-state index contributed by atoms with van der Waals surface area (Å²) in [5, 5.41) is 11.2. The number of carboxylic acid groups (broad SMARTS) is 1. The van der Waals surface area contributed by atoms with Gasteiger partial charge >= 0.3 is 5.97 Å². The van der Waals surface area contributed by atoms with E-state index in [2.05, 4.69) is 5.32 Å². The summed E-state index contributed by atoms with van der Waals surface area (Å²) in [4.78, 5) is 35.9. The van der Waals surface area contributed by atoms with Crippen molar-refractivity contribution in [2.45, 2.75) is 25.7 Å². The monoisotopic (exact) mass is 320 g/mol. The Morgan fingerprint density at radius 1 is 1.17 bits per heavy atom. The minimum atomic E-state index is -1.05. The number of ether oxygens (including phenoxy) is 1. The summed E-state index contributed by atoms with van der Waals surface area (Å²) in [6.45, 7) is 0.257. The summed E-state index contributed by atoms with van der Waals surface area (Å²) in [6, 6.07) is 6.41. The molecule has 0 atom stereocenters. The van der Waals surface area contributed by atoms with Crippen LogP contribution in [0.5, 0.6) is 5.75 Å². The SMILES string of the molecule is O=C(O)COc1ccc(NC(=O)CN2CCCCCC2=O)cc1. The Bertz CT molecular complexity index is 570. The zero-order valence-electron chi connectivity index (χ0n) is 12.8. The van der Waals surface area contributed by atoms with Gasteiger partial charge < -0.3 is 20.1 Å². The highest BCUT2D eigenvalue weighted by Gasteiger charge is 2.19. The van der Waals surface area contributed by atoms with Gasteiger partial charge in [0.05, 0.1) is 6.54 Å². The van der Waals surface area contributed by atoms with Gasteiger partial charge in [-0.15, -0.1) is 0 Å². The molecule has 0 spiro atoms. The van der Waals surface area contributed by atoms with E-state index in [0.717, 1.165) is 19.3 Å². The third kappa shape index (κ3) is 5.61. The highest BCUT2D eigenvalue weighted by molar-refractivity contribution is 5.94. The second-order valence-corrected chi connectivity index (χ2v) is 5.38. The molecule has 1 aromatic rings. The van der Waals surface area contributed by atoms with E-state index in [0.29, 0.717) is 24.4 Å². The zero-order valence-corrected chi connectivity index (χ0v) is 12.8. The van der Waals surface area contributed by atoms with Gasteiger partial charge in [-0.25, -0.2) is 4.79 Å². The van der Waals surface area contributed by atoms with Crippen LogP contribution in [0.3, 0.4) is 0 Å². The maximum absolute atomic E-state index is 12.0. The van der Waals surface area contributed by atoms with Gasteiger partial charge in [0, 0.05) is 18.7 Å². The summed E-state index contributed by atoms with van der Waals surface area (Å²) in [5.41, 5.74) is 0.569. The summed E-state index contributed by atoms with van der Waals surface area (Å²) in [7, 11) is 0. The Hall–Kier alpha value is -2.57. The van der Waals surface area contributed by atoms with Gasteiger partial charge in [-0.3, -0.25) is 9.59 Å². The number of likely N-dealkylation sites (tertiary alicyclic amines) is 1. The molecule has 1 fully saturated rings. The number of amides is 2. The molecule has 1 saturated heterocycles. The number of carbonyl (C=O) groups is 3. The molecule has 23 heavy (non-hydrogen) atoms. The molecular weight excluding hydrogens is 300 g/mol. The molecule has 7 nitrogen and oxygen atoms in total. The van der Waals surface area contributed by atoms with E-state index in [4.69, 9.17) is 9.84 Å². The third-order valence-electron chi connectivity index (χ3n) is 3.51. The number of carbonyl (C=O) groups excluding carboxylic acids is 2. The first-order valence-electron chi connectivity index (χ1n) is 7.57. The lowest BCUT2D eigenvalue weighted by Crippen LogP contribution is -2.37. The molecule has 1 heterocycles. The van der Waals surface area contributed by atoms with Crippen LogP contribution in [0.2, 0.25) is 0 Å². The minimum Gasteiger partial charge on any atom is -0.482 e. The molecule has 0 bridgehead atoms. The van der Waals surface area contributed by atoms with Crippen LogP contribution in [0.15, 0.2) is 24.3 Å². The molecule has 2 amide bonds. The van der Waals surface area contributed by atoms with Crippen LogP contribution in [0.25, 0.3) is 0 Å². The van der Waals surface area contributed by atoms with E-state index in [1.807, 2.05) is 0 Å². The fourth-order valence-electron chi connectivity index (χ4n) is 2.36. The largest absolute Gasteiger partial charge is 0.482 e. The number of nitrogens with zero attached hydrogens (tertiary/aromatic N) is 1. The van der Waals surface area contributed by atoms with Crippen molar-refractivity contribution < 1.29 is 24.2 Å². The second kappa shape index (κ2) is 8.17. The van der Waals surface area contributed by atoms with Crippen molar-refractivity contribution in [1.29, 1.82) is 0 Å². The molecular formula is C16H20N2O5. The summed E-state index contributed by atoms with van der Waals surface area (Å²) in [6.07, 6.45) is 3.33.